The van der Waals surface area contributed by atoms with Crippen molar-refractivity contribution < 1.29 is 18.0 Å². The molecule has 2 heterocycles. The number of nitrogens with zero attached hydrogens (tertiary/aromatic N) is 3. The van der Waals surface area contributed by atoms with Crippen molar-refractivity contribution >= 4 is 5.91 Å². The van der Waals surface area contributed by atoms with E-state index in [0.717, 1.165) is 18.4 Å². The minimum Gasteiger partial charge on any atom is -0.338 e. The van der Waals surface area contributed by atoms with Gasteiger partial charge in [0.25, 0.3) is 0 Å². The lowest BCUT2D eigenvalue weighted by molar-refractivity contribution is -0.201. The van der Waals surface area contributed by atoms with Crippen LogP contribution in [-0.4, -0.2) is 39.4 Å². The Morgan fingerprint density at radius 1 is 1.25 bits per heavy atom. The molecule has 0 spiro atoms. The predicted octanol–water partition coefficient (Wildman–Crippen LogP) is 3.55. The quantitative estimate of drug-likeness (QED) is 0.842. The number of hydrogen-bond acceptors (Lipinski definition) is 2. The average Bonchev–Trinajstić information content (AvgIpc) is 3.15. The molecule has 24 heavy (non-hydrogen) atoms. The number of hydrogen-bond donors (Lipinski definition) is 0. The van der Waals surface area contributed by atoms with Crippen molar-refractivity contribution in [1.82, 2.24) is 14.7 Å². The topological polar surface area (TPSA) is 38.1 Å². The van der Waals surface area contributed by atoms with Gasteiger partial charge >= 0.3 is 6.18 Å². The molecule has 1 aromatic heterocycles. The Morgan fingerprint density at radius 3 is 2.67 bits per heavy atom. The summed E-state index contributed by atoms with van der Waals surface area (Å²) in [7, 11) is 0. The second kappa shape index (κ2) is 6.76. The van der Waals surface area contributed by atoms with Crippen molar-refractivity contribution in [3.63, 3.8) is 0 Å². The highest BCUT2D eigenvalue weighted by molar-refractivity contribution is 5.80. The third kappa shape index (κ3) is 3.59. The highest BCUT2D eigenvalue weighted by Gasteiger charge is 2.49. The minimum atomic E-state index is -4.28. The summed E-state index contributed by atoms with van der Waals surface area (Å²) in [4.78, 5) is 14.5. The van der Waals surface area contributed by atoms with E-state index in [1.54, 1.807) is 15.8 Å². The van der Waals surface area contributed by atoms with Crippen LogP contribution < -0.4 is 0 Å². The predicted molar refractivity (Wildman–Crippen MR) is 83.2 cm³/mol. The van der Waals surface area contributed by atoms with Crippen LogP contribution in [0.4, 0.5) is 13.2 Å². The maximum atomic E-state index is 13.3. The van der Waals surface area contributed by atoms with Gasteiger partial charge in [0.05, 0.1) is 24.7 Å². The highest BCUT2D eigenvalue weighted by atomic mass is 19.4. The van der Waals surface area contributed by atoms with E-state index in [1.807, 2.05) is 13.1 Å². The first-order chi connectivity index (χ1) is 11.4. The van der Waals surface area contributed by atoms with E-state index in [2.05, 4.69) is 5.10 Å². The summed E-state index contributed by atoms with van der Waals surface area (Å²) in [6.45, 7) is 3.06. The first-order valence-electron chi connectivity index (χ1n) is 8.72. The van der Waals surface area contributed by atoms with Crippen molar-refractivity contribution in [1.29, 1.82) is 0 Å². The van der Waals surface area contributed by atoms with Gasteiger partial charge < -0.3 is 4.90 Å². The summed E-state index contributed by atoms with van der Waals surface area (Å²) in [5, 5.41) is 4.24. The van der Waals surface area contributed by atoms with Gasteiger partial charge in [0, 0.05) is 18.7 Å². The number of carbonyl (C=O) groups is 1. The van der Waals surface area contributed by atoms with E-state index in [9.17, 15) is 18.0 Å². The fourth-order valence-corrected chi connectivity index (χ4v) is 4.13. The van der Waals surface area contributed by atoms with Crippen molar-refractivity contribution in [2.24, 2.45) is 11.8 Å². The molecule has 1 saturated heterocycles. The van der Waals surface area contributed by atoms with E-state index in [-0.39, 0.29) is 18.4 Å². The fourth-order valence-electron chi connectivity index (χ4n) is 4.13. The molecule has 1 saturated carbocycles. The fraction of sp³-hybridized carbons (Fsp3) is 0.765. The minimum absolute atomic E-state index is 0.0485. The lowest BCUT2D eigenvalue weighted by Crippen LogP contribution is -2.47. The largest absolute Gasteiger partial charge is 0.392 e. The molecule has 4 nitrogen and oxygen atoms in total. The Balaban J connectivity index is 1.72. The molecule has 1 aliphatic carbocycles. The van der Waals surface area contributed by atoms with Crippen LogP contribution in [0.25, 0.3) is 0 Å². The number of likely N-dealkylation sites (tertiary alicyclic amines) is 1. The smallest absolute Gasteiger partial charge is 0.338 e. The van der Waals surface area contributed by atoms with Crippen LogP contribution in [0.3, 0.4) is 0 Å². The van der Waals surface area contributed by atoms with Crippen LogP contribution in [0.5, 0.6) is 0 Å². The van der Waals surface area contributed by atoms with Crippen molar-refractivity contribution in [2.75, 3.05) is 6.54 Å². The first kappa shape index (κ1) is 17.3. The SMILES string of the molecule is Cc1cnn(CC2CCCN2C(=O)C2CCCCC2C(F)(F)F)c1. The van der Waals surface area contributed by atoms with Crippen LogP contribution >= 0.6 is 0 Å². The van der Waals surface area contributed by atoms with Gasteiger partial charge in [0.2, 0.25) is 5.91 Å². The Bertz CT molecular complexity index is 584. The number of aryl methyl sites for hydroxylation is 1. The van der Waals surface area contributed by atoms with E-state index in [4.69, 9.17) is 0 Å². The normalized spacial score (nSPS) is 28.3. The van der Waals surface area contributed by atoms with Crippen LogP contribution in [0.2, 0.25) is 0 Å². The molecule has 0 aromatic carbocycles. The summed E-state index contributed by atoms with van der Waals surface area (Å²) in [6.07, 6.45) is 2.75. The number of carbonyl (C=O) groups excluding carboxylic acids is 1. The molecule has 1 aliphatic heterocycles. The maximum Gasteiger partial charge on any atom is 0.392 e. The van der Waals surface area contributed by atoms with Gasteiger partial charge in [-0.2, -0.15) is 18.3 Å². The third-order valence-corrected chi connectivity index (χ3v) is 5.32. The lowest BCUT2D eigenvalue weighted by atomic mass is 9.78. The lowest BCUT2D eigenvalue weighted by Gasteiger charge is -2.36. The zero-order valence-corrected chi connectivity index (χ0v) is 13.9. The monoisotopic (exact) mass is 343 g/mol. The van der Waals surface area contributed by atoms with Gasteiger partial charge in [0.1, 0.15) is 0 Å². The molecule has 1 amide bonds. The van der Waals surface area contributed by atoms with Gasteiger partial charge in [0.15, 0.2) is 0 Å². The van der Waals surface area contributed by atoms with E-state index < -0.39 is 18.0 Å². The van der Waals surface area contributed by atoms with Gasteiger partial charge in [-0.05, 0) is 38.2 Å². The summed E-state index contributed by atoms with van der Waals surface area (Å²) < 4.78 is 41.7. The maximum absolute atomic E-state index is 13.3. The molecule has 0 N–H and O–H groups in total. The third-order valence-electron chi connectivity index (χ3n) is 5.32. The summed E-state index contributed by atoms with van der Waals surface area (Å²) in [5.41, 5.74) is 1.04. The Labute approximate surface area is 140 Å². The second-order valence-electron chi connectivity index (χ2n) is 7.11. The zero-order valence-electron chi connectivity index (χ0n) is 13.9. The van der Waals surface area contributed by atoms with Crippen LogP contribution in [0.15, 0.2) is 12.4 Å². The van der Waals surface area contributed by atoms with Gasteiger partial charge in [-0.1, -0.05) is 12.8 Å². The summed E-state index contributed by atoms with van der Waals surface area (Å²) in [6, 6.07) is -0.0485. The average molecular weight is 343 g/mol. The molecule has 7 heteroatoms. The van der Waals surface area contributed by atoms with E-state index >= 15 is 0 Å². The van der Waals surface area contributed by atoms with Crippen molar-refractivity contribution in [3.05, 3.63) is 18.0 Å². The molecule has 2 fully saturated rings. The molecule has 0 bridgehead atoms. The Morgan fingerprint density at radius 2 is 2.00 bits per heavy atom. The molecule has 3 atom stereocenters. The Hall–Kier alpha value is -1.53. The zero-order chi connectivity index (χ0) is 17.3. The van der Waals surface area contributed by atoms with Crippen LogP contribution in [0.1, 0.15) is 44.1 Å². The molecule has 0 radical (unpaired) electrons. The van der Waals surface area contributed by atoms with E-state index in [0.29, 0.717) is 32.4 Å². The van der Waals surface area contributed by atoms with Crippen molar-refractivity contribution in [2.45, 2.75) is 64.2 Å². The molecule has 1 aromatic rings. The summed E-state index contributed by atoms with van der Waals surface area (Å²) in [5.74, 6) is -2.69. The van der Waals surface area contributed by atoms with Gasteiger partial charge in [-0.15, -0.1) is 0 Å². The summed E-state index contributed by atoms with van der Waals surface area (Å²) >= 11 is 0. The molecular formula is C17H24F3N3O. The van der Waals surface area contributed by atoms with Gasteiger partial charge in [-0.3, -0.25) is 9.48 Å². The standard InChI is InChI=1S/C17H24F3N3O/c1-12-9-21-22(10-12)11-13-5-4-8-23(13)16(24)14-6-2-3-7-15(14)17(18,19)20/h9-10,13-15H,2-8,11H2,1H3. The van der Waals surface area contributed by atoms with E-state index in [1.165, 1.54) is 0 Å². The van der Waals surface area contributed by atoms with Gasteiger partial charge in [-0.25, -0.2) is 0 Å². The van der Waals surface area contributed by atoms with Crippen LogP contribution in [-0.2, 0) is 11.3 Å². The second-order valence-corrected chi connectivity index (χ2v) is 7.11. The molecule has 3 rings (SSSR count). The number of halogens is 3. The molecule has 2 aliphatic rings. The number of aromatic nitrogens is 2. The highest BCUT2D eigenvalue weighted by Crippen LogP contribution is 2.42. The molecule has 3 unspecified atom stereocenters. The number of rotatable bonds is 3. The van der Waals surface area contributed by atoms with Crippen LogP contribution in [0, 0.1) is 18.8 Å². The molecule has 134 valence electrons. The van der Waals surface area contributed by atoms with Crippen molar-refractivity contribution in [3.8, 4) is 0 Å². The Kier molecular flexibility index (Phi) is 4.88. The molecular weight excluding hydrogens is 319 g/mol. The number of alkyl halides is 3. The first-order valence-corrected chi connectivity index (χ1v) is 8.72. The number of amides is 1.